The summed E-state index contributed by atoms with van der Waals surface area (Å²) >= 11 is 0. The molecule has 0 aliphatic rings. The van der Waals surface area contributed by atoms with Crippen molar-refractivity contribution >= 4 is 17.1 Å². The maximum atomic E-state index is 12.6. The minimum atomic E-state index is -0.509. The first-order chi connectivity index (χ1) is 12.0. The molecule has 0 aliphatic heterocycles. The Morgan fingerprint density at radius 3 is 2.56 bits per heavy atom. The number of nitrogens with zero attached hydrogens (tertiary/aromatic N) is 4. The van der Waals surface area contributed by atoms with Gasteiger partial charge in [0.15, 0.2) is 5.69 Å². The number of H-pyrrole nitrogens is 1. The molecule has 0 unspecified atom stereocenters. The van der Waals surface area contributed by atoms with E-state index in [1.165, 1.54) is 22.9 Å². The molecule has 0 saturated carbocycles. The number of nitrogens with one attached hydrogen (secondary N) is 1. The largest absolute Gasteiger partial charge is 0.299 e. The van der Waals surface area contributed by atoms with E-state index in [1.54, 1.807) is 13.0 Å². The number of azo groups is 1. The first kappa shape index (κ1) is 16.3. The highest BCUT2D eigenvalue weighted by atomic mass is 16.6. The number of hydrogen-bond acceptors (Lipinski definition) is 5. The molecule has 0 radical (unpaired) electrons. The SMILES string of the molecule is Cc1cccc(-n2[nH]c(C)c(N=Nc3cccc([N+](=O)[O-])c3)c2=O)c1. The lowest BCUT2D eigenvalue weighted by molar-refractivity contribution is -0.384. The van der Waals surface area contributed by atoms with Crippen LogP contribution >= 0.6 is 0 Å². The molecule has 3 rings (SSSR count). The van der Waals surface area contributed by atoms with E-state index in [-0.39, 0.29) is 16.9 Å². The van der Waals surface area contributed by atoms with Gasteiger partial charge in [0.2, 0.25) is 0 Å². The number of aryl methyl sites for hydroxylation is 2. The Bertz CT molecular complexity index is 1030. The number of hydrogen-bond donors (Lipinski definition) is 1. The predicted molar refractivity (Wildman–Crippen MR) is 93.1 cm³/mol. The Kier molecular flexibility index (Phi) is 4.25. The summed E-state index contributed by atoms with van der Waals surface area (Å²) in [5, 5.41) is 21.7. The van der Waals surface area contributed by atoms with Crippen molar-refractivity contribution in [2.45, 2.75) is 13.8 Å². The van der Waals surface area contributed by atoms with Crippen LogP contribution in [0.4, 0.5) is 17.1 Å². The lowest BCUT2D eigenvalue weighted by Crippen LogP contribution is -2.14. The topological polar surface area (TPSA) is 106 Å². The summed E-state index contributed by atoms with van der Waals surface area (Å²) in [6.07, 6.45) is 0. The van der Waals surface area contributed by atoms with Crippen molar-refractivity contribution in [3.8, 4) is 5.69 Å². The Labute approximate surface area is 142 Å². The van der Waals surface area contributed by atoms with Crippen molar-refractivity contribution in [2.24, 2.45) is 10.2 Å². The van der Waals surface area contributed by atoms with Crippen molar-refractivity contribution in [3.05, 3.63) is 80.3 Å². The van der Waals surface area contributed by atoms with Crippen molar-refractivity contribution in [3.63, 3.8) is 0 Å². The molecule has 1 N–H and O–H groups in total. The van der Waals surface area contributed by atoms with Gasteiger partial charge in [0, 0.05) is 12.1 Å². The second kappa shape index (κ2) is 6.52. The zero-order chi connectivity index (χ0) is 18.0. The number of rotatable bonds is 4. The van der Waals surface area contributed by atoms with Gasteiger partial charge >= 0.3 is 0 Å². The monoisotopic (exact) mass is 337 g/mol. The van der Waals surface area contributed by atoms with E-state index in [2.05, 4.69) is 15.3 Å². The second-order valence-corrected chi connectivity index (χ2v) is 5.54. The van der Waals surface area contributed by atoms with E-state index in [4.69, 9.17) is 0 Å². The molecule has 8 heteroatoms. The smallest absolute Gasteiger partial charge is 0.293 e. The Hall–Kier alpha value is -3.55. The van der Waals surface area contributed by atoms with Crippen molar-refractivity contribution in [1.29, 1.82) is 0 Å². The van der Waals surface area contributed by atoms with Gasteiger partial charge in [-0.2, -0.15) is 5.11 Å². The minimum Gasteiger partial charge on any atom is -0.293 e. The van der Waals surface area contributed by atoms with Crippen LogP contribution in [0, 0.1) is 24.0 Å². The molecule has 2 aromatic carbocycles. The molecular weight excluding hydrogens is 322 g/mol. The zero-order valence-corrected chi connectivity index (χ0v) is 13.6. The molecule has 0 atom stereocenters. The van der Waals surface area contributed by atoms with Gasteiger partial charge in [-0.1, -0.05) is 18.2 Å². The van der Waals surface area contributed by atoms with Gasteiger partial charge in [0.1, 0.15) is 0 Å². The van der Waals surface area contributed by atoms with Crippen molar-refractivity contribution < 1.29 is 4.92 Å². The molecule has 0 aliphatic carbocycles. The van der Waals surface area contributed by atoms with Crippen LogP contribution in [0.5, 0.6) is 0 Å². The molecule has 0 fully saturated rings. The number of benzene rings is 2. The lowest BCUT2D eigenvalue weighted by atomic mass is 10.2. The van der Waals surface area contributed by atoms with Crippen LogP contribution in [0.25, 0.3) is 5.69 Å². The highest BCUT2D eigenvalue weighted by Gasteiger charge is 2.12. The van der Waals surface area contributed by atoms with Gasteiger partial charge in [-0.15, -0.1) is 5.11 Å². The Balaban J connectivity index is 1.98. The number of aromatic nitrogens is 2. The average molecular weight is 337 g/mol. The number of aromatic amines is 1. The average Bonchev–Trinajstić information content (AvgIpc) is 2.87. The third-order valence-electron chi connectivity index (χ3n) is 3.61. The normalized spacial score (nSPS) is 11.1. The summed E-state index contributed by atoms with van der Waals surface area (Å²) in [4.78, 5) is 22.9. The fourth-order valence-electron chi connectivity index (χ4n) is 2.38. The molecule has 126 valence electrons. The predicted octanol–water partition coefficient (Wildman–Crippen LogP) is 4.11. The van der Waals surface area contributed by atoms with Crippen molar-refractivity contribution in [2.75, 3.05) is 0 Å². The first-order valence-electron chi connectivity index (χ1n) is 7.50. The van der Waals surface area contributed by atoms with Gasteiger partial charge in [-0.05, 0) is 37.6 Å². The summed E-state index contributed by atoms with van der Waals surface area (Å²) in [6.45, 7) is 3.66. The quantitative estimate of drug-likeness (QED) is 0.440. The van der Waals surface area contributed by atoms with Gasteiger partial charge < -0.3 is 0 Å². The van der Waals surface area contributed by atoms with Crippen LogP contribution in [0.15, 0.2) is 63.6 Å². The van der Waals surface area contributed by atoms with Crippen LogP contribution in [0.2, 0.25) is 0 Å². The van der Waals surface area contributed by atoms with Crippen LogP contribution in [0.1, 0.15) is 11.3 Å². The lowest BCUT2D eigenvalue weighted by Gasteiger charge is -2.01. The summed E-state index contributed by atoms with van der Waals surface area (Å²) in [7, 11) is 0. The zero-order valence-electron chi connectivity index (χ0n) is 13.6. The van der Waals surface area contributed by atoms with E-state index in [0.717, 1.165) is 5.56 Å². The van der Waals surface area contributed by atoms with Gasteiger partial charge in [0.05, 0.1) is 22.0 Å². The van der Waals surface area contributed by atoms with Crippen molar-refractivity contribution in [1.82, 2.24) is 9.78 Å². The molecule has 0 amide bonds. The molecule has 0 bridgehead atoms. The van der Waals surface area contributed by atoms with Gasteiger partial charge in [0.25, 0.3) is 11.2 Å². The maximum Gasteiger partial charge on any atom is 0.299 e. The molecular formula is C17H15N5O3. The standard InChI is InChI=1S/C17H15N5O3/c1-11-5-3-7-14(9-11)21-17(23)16(12(2)20-21)19-18-13-6-4-8-15(10-13)22(24)25/h3-10,20H,1-2H3. The van der Waals surface area contributed by atoms with Gasteiger partial charge in [-0.25, -0.2) is 4.68 Å². The van der Waals surface area contributed by atoms with Crippen LogP contribution in [0.3, 0.4) is 0 Å². The van der Waals surface area contributed by atoms with Crippen LogP contribution < -0.4 is 5.56 Å². The van der Waals surface area contributed by atoms with Gasteiger partial charge in [-0.3, -0.25) is 20.0 Å². The molecule has 3 aromatic rings. The number of nitro benzene ring substituents is 1. The summed E-state index contributed by atoms with van der Waals surface area (Å²) in [6, 6.07) is 13.2. The van der Waals surface area contributed by atoms with E-state index >= 15 is 0 Å². The molecule has 8 nitrogen and oxygen atoms in total. The summed E-state index contributed by atoms with van der Waals surface area (Å²) < 4.78 is 1.39. The fraction of sp³-hybridized carbons (Fsp3) is 0.118. The molecule has 0 saturated heterocycles. The van der Waals surface area contributed by atoms with E-state index in [0.29, 0.717) is 17.1 Å². The minimum absolute atomic E-state index is 0.0839. The first-order valence-corrected chi connectivity index (χ1v) is 7.50. The number of nitro groups is 1. The number of non-ortho nitro benzene ring substituents is 1. The maximum absolute atomic E-state index is 12.6. The molecule has 25 heavy (non-hydrogen) atoms. The highest BCUT2D eigenvalue weighted by Crippen LogP contribution is 2.22. The van der Waals surface area contributed by atoms with Crippen LogP contribution in [-0.2, 0) is 0 Å². The highest BCUT2D eigenvalue weighted by molar-refractivity contribution is 5.48. The summed E-state index contributed by atoms with van der Waals surface area (Å²) in [5.41, 5.74) is 2.32. The molecule has 0 spiro atoms. The van der Waals surface area contributed by atoms with E-state index in [1.807, 2.05) is 31.2 Å². The fourth-order valence-corrected chi connectivity index (χ4v) is 2.38. The third kappa shape index (κ3) is 3.37. The van der Waals surface area contributed by atoms with E-state index in [9.17, 15) is 14.9 Å². The summed E-state index contributed by atoms with van der Waals surface area (Å²) in [5.74, 6) is 0. The third-order valence-corrected chi connectivity index (χ3v) is 3.61. The second-order valence-electron chi connectivity index (χ2n) is 5.54. The van der Waals surface area contributed by atoms with E-state index < -0.39 is 4.92 Å². The Morgan fingerprint density at radius 2 is 1.84 bits per heavy atom. The molecule has 1 heterocycles. The Morgan fingerprint density at radius 1 is 1.08 bits per heavy atom. The van der Waals surface area contributed by atoms with Crippen LogP contribution in [-0.4, -0.2) is 14.7 Å². The molecule has 1 aromatic heterocycles.